The topological polar surface area (TPSA) is 54.9 Å². The summed E-state index contributed by atoms with van der Waals surface area (Å²) in [5.41, 5.74) is 1.88. The number of para-hydroxylation sites is 1. The van der Waals surface area contributed by atoms with Crippen molar-refractivity contribution in [2.45, 2.75) is 29.2 Å². The van der Waals surface area contributed by atoms with E-state index in [9.17, 15) is 4.79 Å². The number of aromatic nitrogens is 2. The number of carbonyl (C=O) groups is 1. The Morgan fingerprint density at radius 3 is 2.58 bits per heavy atom. The predicted octanol–water partition coefficient (Wildman–Crippen LogP) is 3.74. The molecule has 120 valence electrons. The Labute approximate surface area is 144 Å². The minimum Gasteiger partial charge on any atom is -0.352 e. The van der Waals surface area contributed by atoms with Gasteiger partial charge in [-0.25, -0.2) is 9.97 Å². The lowest BCUT2D eigenvalue weighted by Crippen LogP contribution is -2.29. The van der Waals surface area contributed by atoms with E-state index >= 15 is 0 Å². The molecule has 0 aliphatic heterocycles. The molecule has 24 heavy (non-hydrogen) atoms. The molecule has 1 aliphatic carbocycles. The zero-order valence-electron chi connectivity index (χ0n) is 13.1. The molecule has 4 nitrogen and oxygen atoms in total. The molecule has 4 rings (SSSR count). The van der Waals surface area contributed by atoms with Gasteiger partial charge >= 0.3 is 0 Å². The molecule has 1 aromatic heterocycles. The molecule has 0 unspecified atom stereocenters. The molecular formula is C19H17N3OS. The molecule has 0 saturated heterocycles. The number of rotatable bonds is 5. The fraction of sp³-hybridized carbons (Fsp3) is 0.211. The van der Waals surface area contributed by atoms with Crippen molar-refractivity contribution in [2.75, 3.05) is 0 Å². The van der Waals surface area contributed by atoms with Gasteiger partial charge in [-0.05, 0) is 24.5 Å². The molecular weight excluding hydrogens is 318 g/mol. The van der Waals surface area contributed by atoms with Crippen LogP contribution in [-0.2, 0) is 4.79 Å². The first kappa shape index (κ1) is 15.1. The number of nitrogens with zero attached hydrogens (tertiary/aromatic N) is 2. The van der Waals surface area contributed by atoms with Gasteiger partial charge < -0.3 is 5.32 Å². The molecule has 2 aromatic carbocycles. The second-order valence-corrected chi connectivity index (χ2v) is 6.98. The van der Waals surface area contributed by atoms with E-state index in [4.69, 9.17) is 0 Å². The zero-order valence-corrected chi connectivity index (χ0v) is 13.9. The third-order valence-corrected chi connectivity index (χ3v) is 5.27. The van der Waals surface area contributed by atoms with Crippen molar-refractivity contribution >= 4 is 28.6 Å². The second-order valence-electron chi connectivity index (χ2n) is 5.89. The maximum Gasteiger partial charge on any atom is 0.238 e. The largest absolute Gasteiger partial charge is 0.352 e. The molecule has 0 radical (unpaired) electrons. The first-order valence-corrected chi connectivity index (χ1v) is 8.91. The van der Waals surface area contributed by atoms with Crippen LogP contribution in [0.4, 0.5) is 0 Å². The number of hydrogen-bond acceptors (Lipinski definition) is 4. The Morgan fingerprint density at radius 2 is 1.79 bits per heavy atom. The van der Waals surface area contributed by atoms with Crippen LogP contribution >= 0.6 is 11.8 Å². The molecule has 1 aliphatic rings. The number of hydrogen-bond donors (Lipinski definition) is 1. The lowest BCUT2D eigenvalue weighted by Gasteiger charge is -2.17. The van der Waals surface area contributed by atoms with Gasteiger partial charge in [0.2, 0.25) is 5.91 Å². The van der Waals surface area contributed by atoms with E-state index < -0.39 is 0 Å². The first-order valence-electron chi connectivity index (χ1n) is 8.03. The van der Waals surface area contributed by atoms with Gasteiger partial charge in [-0.15, -0.1) is 0 Å². The van der Waals surface area contributed by atoms with Gasteiger partial charge in [0.05, 0.1) is 5.52 Å². The van der Waals surface area contributed by atoms with Crippen molar-refractivity contribution in [2.24, 2.45) is 0 Å². The molecule has 1 saturated carbocycles. The Hall–Kier alpha value is -2.40. The summed E-state index contributed by atoms with van der Waals surface area (Å²) in [5, 5.41) is 4.61. The van der Waals surface area contributed by atoms with Crippen molar-refractivity contribution in [1.82, 2.24) is 15.3 Å². The highest BCUT2D eigenvalue weighted by Crippen LogP contribution is 2.37. The van der Waals surface area contributed by atoms with E-state index in [1.165, 1.54) is 11.8 Å². The van der Waals surface area contributed by atoms with Crippen LogP contribution in [0, 0.1) is 0 Å². The van der Waals surface area contributed by atoms with Crippen molar-refractivity contribution in [1.29, 1.82) is 0 Å². The van der Waals surface area contributed by atoms with E-state index in [-0.39, 0.29) is 11.2 Å². The number of amides is 1. The SMILES string of the molecule is O=C(NC1CC1)[C@@H](Sc1ncnc2ccccc12)c1ccccc1. The summed E-state index contributed by atoms with van der Waals surface area (Å²) in [7, 11) is 0. The third kappa shape index (κ3) is 3.26. The van der Waals surface area contributed by atoms with Crippen LogP contribution in [0.2, 0.25) is 0 Å². The number of carbonyl (C=O) groups excluding carboxylic acids is 1. The van der Waals surface area contributed by atoms with Crippen LogP contribution in [0.5, 0.6) is 0 Å². The summed E-state index contributed by atoms with van der Waals surface area (Å²) in [6.45, 7) is 0. The van der Waals surface area contributed by atoms with Crippen molar-refractivity contribution in [3.05, 3.63) is 66.5 Å². The highest BCUT2D eigenvalue weighted by Gasteiger charge is 2.29. The number of thioether (sulfide) groups is 1. The third-order valence-electron chi connectivity index (χ3n) is 4.00. The summed E-state index contributed by atoms with van der Waals surface area (Å²) in [6.07, 6.45) is 3.72. The predicted molar refractivity (Wildman–Crippen MR) is 95.7 cm³/mol. The highest BCUT2D eigenvalue weighted by atomic mass is 32.2. The van der Waals surface area contributed by atoms with E-state index in [0.29, 0.717) is 6.04 Å². The molecule has 1 heterocycles. The summed E-state index contributed by atoms with van der Waals surface area (Å²) in [4.78, 5) is 21.5. The van der Waals surface area contributed by atoms with E-state index in [2.05, 4.69) is 15.3 Å². The standard InChI is InChI=1S/C19H17N3OS/c23-18(22-14-10-11-14)17(13-6-2-1-3-7-13)24-19-15-8-4-5-9-16(15)20-12-21-19/h1-9,12,14,17H,10-11H2,(H,22,23)/t17-/m0/s1. The Morgan fingerprint density at radius 1 is 1.04 bits per heavy atom. The van der Waals surface area contributed by atoms with Gasteiger partial charge in [0.15, 0.2) is 0 Å². The van der Waals surface area contributed by atoms with E-state index in [1.54, 1.807) is 6.33 Å². The van der Waals surface area contributed by atoms with Gasteiger partial charge in [0.25, 0.3) is 0 Å². The van der Waals surface area contributed by atoms with Gasteiger partial charge in [-0.1, -0.05) is 60.3 Å². The van der Waals surface area contributed by atoms with Crippen molar-refractivity contribution in [3.63, 3.8) is 0 Å². The molecule has 0 spiro atoms. The molecule has 1 N–H and O–H groups in total. The van der Waals surface area contributed by atoms with Crippen molar-refractivity contribution in [3.8, 4) is 0 Å². The number of nitrogens with one attached hydrogen (secondary N) is 1. The van der Waals surface area contributed by atoms with Gasteiger partial charge in [0.1, 0.15) is 16.6 Å². The van der Waals surface area contributed by atoms with Crippen LogP contribution in [0.1, 0.15) is 23.7 Å². The quantitative estimate of drug-likeness (QED) is 0.570. The molecule has 1 amide bonds. The van der Waals surface area contributed by atoms with Crippen LogP contribution in [0.25, 0.3) is 10.9 Å². The second kappa shape index (κ2) is 6.61. The minimum absolute atomic E-state index is 0.0522. The van der Waals surface area contributed by atoms with Gasteiger partial charge in [-0.2, -0.15) is 0 Å². The lowest BCUT2D eigenvalue weighted by atomic mass is 10.1. The van der Waals surface area contributed by atoms with Crippen LogP contribution in [0.15, 0.2) is 66.0 Å². The van der Waals surface area contributed by atoms with Crippen molar-refractivity contribution < 1.29 is 4.79 Å². The summed E-state index contributed by atoms with van der Waals surface area (Å²) in [5.74, 6) is 0.0522. The normalized spacial score (nSPS) is 15.2. The Bertz CT molecular complexity index is 859. The van der Waals surface area contributed by atoms with E-state index in [1.807, 2.05) is 54.6 Å². The highest BCUT2D eigenvalue weighted by molar-refractivity contribution is 8.00. The first-order chi connectivity index (χ1) is 11.8. The molecule has 1 atom stereocenters. The Balaban J connectivity index is 1.69. The minimum atomic E-state index is -0.315. The van der Waals surface area contributed by atoms with Crippen LogP contribution in [0.3, 0.4) is 0 Å². The zero-order chi connectivity index (χ0) is 16.4. The molecule has 1 fully saturated rings. The van der Waals surface area contributed by atoms with Gasteiger partial charge in [-0.3, -0.25) is 4.79 Å². The fourth-order valence-corrected chi connectivity index (χ4v) is 3.69. The van der Waals surface area contributed by atoms with Crippen LogP contribution < -0.4 is 5.32 Å². The van der Waals surface area contributed by atoms with Crippen LogP contribution in [-0.4, -0.2) is 21.9 Å². The fourth-order valence-electron chi connectivity index (χ4n) is 2.59. The smallest absolute Gasteiger partial charge is 0.238 e. The summed E-state index contributed by atoms with van der Waals surface area (Å²) < 4.78 is 0. The summed E-state index contributed by atoms with van der Waals surface area (Å²) in [6, 6.07) is 18.1. The number of fused-ring (bicyclic) bond motifs is 1. The van der Waals surface area contributed by atoms with E-state index in [0.717, 1.165) is 34.3 Å². The Kier molecular flexibility index (Phi) is 4.17. The lowest BCUT2D eigenvalue weighted by molar-refractivity contribution is -0.120. The monoisotopic (exact) mass is 335 g/mol. The molecule has 5 heteroatoms. The maximum atomic E-state index is 12.8. The average molecular weight is 335 g/mol. The summed E-state index contributed by atoms with van der Waals surface area (Å²) >= 11 is 1.49. The maximum absolute atomic E-state index is 12.8. The average Bonchev–Trinajstić information content (AvgIpc) is 3.44. The number of benzene rings is 2. The van der Waals surface area contributed by atoms with Gasteiger partial charge in [0, 0.05) is 11.4 Å². The molecule has 0 bridgehead atoms. The molecule has 3 aromatic rings.